The summed E-state index contributed by atoms with van der Waals surface area (Å²) in [5.74, 6) is -5.02. The molecule has 0 radical (unpaired) electrons. The van der Waals surface area contributed by atoms with Gasteiger partial charge in [-0.2, -0.15) is 0 Å². The second kappa shape index (κ2) is 5.44. The van der Waals surface area contributed by atoms with Crippen molar-refractivity contribution < 1.29 is 28.6 Å². The first-order chi connectivity index (χ1) is 8.36. The van der Waals surface area contributed by atoms with Crippen molar-refractivity contribution in [2.45, 2.75) is 19.4 Å². The lowest BCUT2D eigenvalue weighted by molar-refractivity contribution is -0.137. The number of halogens is 2. The van der Waals surface area contributed by atoms with E-state index in [4.69, 9.17) is 10.2 Å². The molecule has 0 fully saturated rings. The molecule has 0 aliphatic rings. The van der Waals surface area contributed by atoms with E-state index >= 15 is 0 Å². The second-order valence-electron chi connectivity index (χ2n) is 3.56. The Morgan fingerprint density at radius 1 is 1.28 bits per heavy atom. The highest BCUT2D eigenvalue weighted by Crippen LogP contribution is 2.21. The number of benzene rings is 1. The van der Waals surface area contributed by atoms with Crippen molar-refractivity contribution in [2.75, 3.05) is 5.32 Å². The number of anilines is 1. The standard InChI is InChI=1S/C11H11F2NO4/c1-2-8(11(17)18)14-9-3-5(10(15)16)6(12)4-7(9)13/h3-4,8,14H,2H2,1H3,(H,15,16)(H,17,18). The van der Waals surface area contributed by atoms with Crippen molar-refractivity contribution in [3.63, 3.8) is 0 Å². The smallest absolute Gasteiger partial charge is 0.338 e. The number of hydrogen-bond donors (Lipinski definition) is 3. The summed E-state index contributed by atoms with van der Waals surface area (Å²) in [5, 5.41) is 19.8. The van der Waals surface area contributed by atoms with Crippen molar-refractivity contribution >= 4 is 17.6 Å². The Labute approximate surface area is 101 Å². The molecule has 1 unspecified atom stereocenters. The first-order valence-corrected chi connectivity index (χ1v) is 5.08. The molecule has 5 nitrogen and oxygen atoms in total. The van der Waals surface area contributed by atoms with Crippen LogP contribution in [0.5, 0.6) is 0 Å². The molecular weight excluding hydrogens is 248 g/mol. The van der Waals surface area contributed by atoms with Gasteiger partial charge in [0.25, 0.3) is 0 Å². The minimum Gasteiger partial charge on any atom is -0.480 e. The van der Waals surface area contributed by atoms with Crippen molar-refractivity contribution in [1.82, 2.24) is 0 Å². The fourth-order valence-electron chi connectivity index (χ4n) is 1.35. The Kier molecular flexibility index (Phi) is 4.19. The Hall–Kier alpha value is -2.18. The molecule has 1 aromatic carbocycles. The lowest BCUT2D eigenvalue weighted by Crippen LogP contribution is -2.28. The maximum absolute atomic E-state index is 13.4. The number of carbonyl (C=O) groups is 2. The van der Waals surface area contributed by atoms with Crippen molar-refractivity contribution in [3.05, 3.63) is 29.3 Å². The first-order valence-electron chi connectivity index (χ1n) is 5.08. The SMILES string of the molecule is CCC(Nc1cc(C(=O)O)c(F)cc1F)C(=O)O. The topological polar surface area (TPSA) is 86.6 Å². The highest BCUT2D eigenvalue weighted by atomic mass is 19.1. The third-order valence-electron chi connectivity index (χ3n) is 2.32. The van der Waals surface area contributed by atoms with Gasteiger partial charge in [-0.15, -0.1) is 0 Å². The molecule has 0 amide bonds. The monoisotopic (exact) mass is 259 g/mol. The van der Waals surface area contributed by atoms with Crippen LogP contribution in [0.1, 0.15) is 23.7 Å². The average molecular weight is 259 g/mol. The molecule has 7 heteroatoms. The average Bonchev–Trinajstić information content (AvgIpc) is 2.26. The Bertz CT molecular complexity index is 490. The summed E-state index contributed by atoms with van der Waals surface area (Å²) in [6, 6.07) is 0.0606. The normalized spacial score (nSPS) is 11.9. The molecule has 1 atom stereocenters. The summed E-state index contributed by atoms with van der Waals surface area (Å²) >= 11 is 0. The first kappa shape index (κ1) is 13.9. The van der Waals surface area contributed by atoms with E-state index < -0.39 is 35.2 Å². The molecule has 0 aliphatic carbocycles. The number of nitrogens with one attached hydrogen (secondary N) is 1. The van der Waals surface area contributed by atoms with E-state index in [2.05, 4.69) is 5.32 Å². The zero-order valence-electron chi connectivity index (χ0n) is 9.41. The van der Waals surface area contributed by atoms with Gasteiger partial charge in [0.05, 0.1) is 11.3 Å². The quantitative estimate of drug-likeness (QED) is 0.752. The fraction of sp³-hybridized carbons (Fsp3) is 0.273. The van der Waals surface area contributed by atoms with Gasteiger partial charge in [0.2, 0.25) is 0 Å². The van der Waals surface area contributed by atoms with Crippen LogP contribution in [0, 0.1) is 11.6 Å². The number of carboxylic acid groups (broad SMARTS) is 2. The molecule has 0 aliphatic heterocycles. The van der Waals surface area contributed by atoms with Crippen LogP contribution in [-0.4, -0.2) is 28.2 Å². The van der Waals surface area contributed by atoms with Crippen LogP contribution in [0.2, 0.25) is 0 Å². The van der Waals surface area contributed by atoms with Gasteiger partial charge in [-0.1, -0.05) is 6.92 Å². The number of hydrogen-bond acceptors (Lipinski definition) is 3. The van der Waals surface area contributed by atoms with Crippen molar-refractivity contribution in [2.24, 2.45) is 0 Å². The number of rotatable bonds is 5. The third-order valence-corrected chi connectivity index (χ3v) is 2.32. The maximum Gasteiger partial charge on any atom is 0.338 e. The molecule has 3 N–H and O–H groups in total. The largest absolute Gasteiger partial charge is 0.480 e. The summed E-state index contributed by atoms with van der Waals surface area (Å²) in [6.07, 6.45) is 0.161. The summed E-state index contributed by atoms with van der Waals surface area (Å²) in [5.41, 5.74) is -1.08. The van der Waals surface area contributed by atoms with Crippen molar-refractivity contribution in [1.29, 1.82) is 0 Å². The van der Waals surface area contributed by atoms with Gasteiger partial charge in [0.1, 0.15) is 17.7 Å². The second-order valence-corrected chi connectivity index (χ2v) is 3.56. The van der Waals surface area contributed by atoms with Crippen LogP contribution in [0.15, 0.2) is 12.1 Å². The lowest BCUT2D eigenvalue weighted by atomic mass is 10.1. The van der Waals surface area contributed by atoms with Crippen molar-refractivity contribution in [3.8, 4) is 0 Å². The molecule has 0 aromatic heterocycles. The predicted octanol–water partition coefficient (Wildman–Crippen LogP) is 1.94. The Morgan fingerprint density at radius 2 is 1.89 bits per heavy atom. The zero-order chi connectivity index (χ0) is 13.9. The molecule has 0 bridgehead atoms. The fourth-order valence-corrected chi connectivity index (χ4v) is 1.35. The molecule has 0 saturated carbocycles. The minimum atomic E-state index is -1.56. The maximum atomic E-state index is 13.4. The number of aromatic carboxylic acids is 1. The Morgan fingerprint density at radius 3 is 2.33 bits per heavy atom. The van der Waals surface area contributed by atoms with E-state index in [1.165, 1.54) is 0 Å². The Balaban J connectivity index is 3.12. The highest BCUT2D eigenvalue weighted by molar-refractivity contribution is 5.89. The summed E-state index contributed by atoms with van der Waals surface area (Å²) in [4.78, 5) is 21.4. The van der Waals surface area contributed by atoms with Gasteiger partial charge in [-0.25, -0.2) is 18.4 Å². The summed E-state index contributed by atoms with van der Waals surface area (Å²) < 4.78 is 26.5. The van der Waals surface area contributed by atoms with Gasteiger partial charge >= 0.3 is 11.9 Å². The van der Waals surface area contributed by atoms with Crippen LogP contribution in [0.25, 0.3) is 0 Å². The predicted molar refractivity (Wildman–Crippen MR) is 58.7 cm³/mol. The van der Waals surface area contributed by atoms with E-state index in [9.17, 15) is 18.4 Å². The van der Waals surface area contributed by atoms with Gasteiger partial charge in [0, 0.05) is 6.07 Å². The van der Waals surface area contributed by atoms with E-state index in [1.807, 2.05) is 0 Å². The van der Waals surface area contributed by atoms with Gasteiger partial charge in [-0.3, -0.25) is 0 Å². The minimum absolute atomic E-state index is 0.161. The van der Waals surface area contributed by atoms with E-state index in [1.54, 1.807) is 6.92 Å². The van der Waals surface area contributed by atoms with E-state index in [0.29, 0.717) is 6.07 Å². The lowest BCUT2D eigenvalue weighted by Gasteiger charge is -2.15. The van der Waals surface area contributed by atoms with Gasteiger partial charge < -0.3 is 15.5 Å². The van der Waals surface area contributed by atoms with E-state index in [-0.39, 0.29) is 12.1 Å². The molecule has 1 rings (SSSR count). The molecule has 0 heterocycles. The van der Waals surface area contributed by atoms with Crippen LogP contribution in [0.4, 0.5) is 14.5 Å². The van der Waals surface area contributed by atoms with Gasteiger partial charge in [-0.05, 0) is 12.5 Å². The molecule has 1 aromatic rings. The molecule has 0 saturated heterocycles. The zero-order valence-corrected chi connectivity index (χ0v) is 9.41. The van der Waals surface area contributed by atoms with E-state index in [0.717, 1.165) is 6.07 Å². The van der Waals surface area contributed by atoms with Crippen LogP contribution >= 0.6 is 0 Å². The molecule has 18 heavy (non-hydrogen) atoms. The van der Waals surface area contributed by atoms with Crippen LogP contribution in [-0.2, 0) is 4.79 Å². The van der Waals surface area contributed by atoms with Crippen LogP contribution in [0.3, 0.4) is 0 Å². The summed E-state index contributed by atoms with van der Waals surface area (Å²) in [6.45, 7) is 1.56. The molecule has 0 spiro atoms. The molecule has 98 valence electrons. The summed E-state index contributed by atoms with van der Waals surface area (Å²) in [7, 11) is 0. The van der Waals surface area contributed by atoms with Crippen LogP contribution < -0.4 is 5.32 Å². The number of carboxylic acids is 2. The third kappa shape index (κ3) is 2.93. The molecular formula is C11H11F2NO4. The van der Waals surface area contributed by atoms with Gasteiger partial charge in [0.15, 0.2) is 0 Å². The highest BCUT2D eigenvalue weighted by Gasteiger charge is 2.20. The number of aliphatic carboxylic acids is 1.